The summed E-state index contributed by atoms with van der Waals surface area (Å²) < 4.78 is 4.78. The Morgan fingerprint density at radius 2 is 1.45 bits per heavy atom. The number of carbonyl (C=O) groups is 4. The summed E-state index contributed by atoms with van der Waals surface area (Å²) in [6, 6.07) is 15.9. The molecule has 0 spiro atoms. The first kappa shape index (κ1) is 22.0. The Morgan fingerprint density at radius 3 is 2.06 bits per heavy atom. The molecule has 0 saturated carbocycles. The van der Waals surface area contributed by atoms with Crippen LogP contribution in [0.3, 0.4) is 0 Å². The predicted molar refractivity (Wildman–Crippen MR) is 113 cm³/mol. The van der Waals surface area contributed by atoms with E-state index in [1.165, 1.54) is 7.11 Å². The molecule has 0 aliphatic carbocycles. The Balaban J connectivity index is 1.57. The van der Waals surface area contributed by atoms with Crippen LogP contribution < -0.4 is 16.0 Å². The number of methoxy groups -OCH3 is 1. The van der Waals surface area contributed by atoms with Gasteiger partial charge in [-0.25, -0.2) is 4.79 Å². The van der Waals surface area contributed by atoms with Crippen LogP contribution in [0.5, 0.6) is 0 Å². The molecule has 0 aromatic heterocycles. The number of piperazine rings is 1. The van der Waals surface area contributed by atoms with Crippen molar-refractivity contribution >= 4 is 23.7 Å². The van der Waals surface area contributed by atoms with Crippen LogP contribution in [0.4, 0.5) is 0 Å². The molecule has 162 valence electrons. The number of ether oxygens (including phenoxy) is 1. The molecule has 0 radical (unpaired) electrons. The van der Waals surface area contributed by atoms with Gasteiger partial charge in [0.05, 0.1) is 13.5 Å². The van der Waals surface area contributed by atoms with Gasteiger partial charge in [-0.1, -0.05) is 60.7 Å². The second-order valence-electron chi connectivity index (χ2n) is 7.35. The highest BCUT2D eigenvalue weighted by molar-refractivity contribution is 5.99. The summed E-state index contributed by atoms with van der Waals surface area (Å²) in [6.07, 6.45) is 0.332. The summed E-state index contributed by atoms with van der Waals surface area (Å²) in [5.74, 6) is -1.91. The number of amides is 3. The van der Waals surface area contributed by atoms with Crippen molar-refractivity contribution in [2.24, 2.45) is 0 Å². The summed E-state index contributed by atoms with van der Waals surface area (Å²) in [5.41, 5.74) is 1.77. The standard InChI is InChI=1S/C23H25N3O5/c1-31-23(30)19(13-16-10-6-3-7-11-16)24-20(27)14-18-22(29)25-17(21(28)26-18)12-15-8-4-2-5-9-15/h2-11,17-19H,12-14H2,1H3,(H,24,27)(H,25,29)(H,26,28)/t17-,18-,19+/m0/s1. The molecule has 1 aliphatic heterocycles. The summed E-state index contributed by atoms with van der Waals surface area (Å²) >= 11 is 0. The number of carbonyl (C=O) groups excluding carboxylic acids is 4. The molecule has 1 fully saturated rings. The van der Waals surface area contributed by atoms with E-state index in [9.17, 15) is 19.2 Å². The summed E-state index contributed by atoms with van der Waals surface area (Å²) in [7, 11) is 1.24. The third-order valence-electron chi connectivity index (χ3n) is 5.04. The molecule has 0 bridgehead atoms. The normalized spacial score (nSPS) is 19.0. The molecule has 3 amide bonds. The molecule has 2 aromatic carbocycles. The van der Waals surface area contributed by atoms with Gasteiger partial charge in [0.25, 0.3) is 0 Å². The monoisotopic (exact) mass is 423 g/mol. The fourth-order valence-corrected chi connectivity index (χ4v) is 3.44. The molecule has 8 heteroatoms. The first-order valence-electron chi connectivity index (χ1n) is 10.0. The summed E-state index contributed by atoms with van der Waals surface area (Å²) in [6.45, 7) is 0. The lowest BCUT2D eigenvalue weighted by Crippen LogP contribution is -2.63. The van der Waals surface area contributed by atoms with E-state index in [1.807, 2.05) is 60.7 Å². The molecule has 3 N–H and O–H groups in total. The van der Waals surface area contributed by atoms with Crippen LogP contribution >= 0.6 is 0 Å². The zero-order valence-corrected chi connectivity index (χ0v) is 17.2. The van der Waals surface area contributed by atoms with Gasteiger partial charge < -0.3 is 20.7 Å². The van der Waals surface area contributed by atoms with Gasteiger partial charge in [0.15, 0.2) is 0 Å². The van der Waals surface area contributed by atoms with E-state index in [2.05, 4.69) is 16.0 Å². The van der Waals surface area contributed by atoms with Gasteiger partial charge in [0.2, 0.25) is 17.7 Å². The van der Waals surface area contributed by atoms with Crippen LogP contribution in [0.2, 0.25) is 0 Å². The second-order valence-corrected chi connectivity index (χ2v) is 7.35. The Kier molecular flexibility index (Phi) is 7.37. The van der Waals surface area contributed by atoms with Crippen molar-refractivity contribution in [3.8, 4) is 0 Å². The van der Waals surface area contributed by atoms with Gasteiger partial charge in [-0.15, -0.1) is 0 Å². The van der Waals surface area contributed by atoms with Crippen molar-refractivity contribution in [2.45, 2.75) is 37.4 Å². The van der Waals surface area contributed by atoms with Gasteiger partial charge in [0, 0.05) is 12.8 Å². The quantitative estimate of drug-likeness (QED) is 0.535. The lowest BCUT2D eigenvalue weighted by atomic mass is 10.0. The highest BCUT2D eigenvalue weighted by Gasteiger charge is 2.35. The van der Waals surface area contributed by atoms with Crippen LogP contribution in [0, 0.1) is 0 Å². The average Bonchev–Trinajstić information content (AvgIpc) is 2.77. The molecule has 2 aromatic rings. The van der Waals surface area contributed by atoms with E-state index < -0.39 is 35.9 Å². The first-order chi connectivity index (χ1) is 15.0. The molecule has 1 heterocycles. The van der Waals surface area contributed by atoms with Crippen molar-refractivity contribution in [2.75, 3.05) is 7.11 Å². The van der Waals surface area contributed by atoms with Crippen LogP contribution in [0.1, 0.15) is 17.5 Å². The number of hydrogen-bond donors (Lipinski definition) is 3. The molecule has 3 atom stereocenters. The van der Waals surface area contributed by atoms with Crippen LogP contribution in [0.25, 0.3) is 0 Å². The Labute approximate surface area is 180 Å². The highest BCUT2D eigenvalue weighted by Crippen LogP contribution is 2.09. The maximum Gasteiger partial charge on any atom is 0.328 e. The number of benzene rings is 2. The molecular weight excluding hydrogens is 398 g/mol. The van der Waals surface area contributed by atoms with Crippen molar-refractivity contribution in [1.82, 2.24) is 16.0 Å². The highest BCUT2D eigenvalue weighted by atomic mass is 16.5. The Bertz CT molecular complexity index is 933. The lowest BCUT2D eigenvalue weighted by Gasteiger charge is -2.29. The largest absolute Gasteiger partial charge is 0.467 e. The third kappa shape index (κ3) is 6.15. The minimum atomic E-state index is -1.01. The topological polar surface area (TPSA) is 114 Å². The summed E-state index contributed by atoms with van der Waals surface area (Å²) in [5, 5.41) is 7.89. The maximum atomic E-state index is 12.5. The van der Waals surface area contributed by atoms with Crippen molar-refractivity contribution in [3.63, 3.8) is 0 Å². The SMILES string of the molecule is COC(=O)[C@@H](Cc1ccccc1)NC(=O)C[C@@H]1NC(=O)[C@H](Cc2ccccc2)NC1=O. The molecule has 0 unspecified atom stereocenters. The summed E-state index contributed by atoms with van der Waals surface area (Å²) in [4.78, 5) is 49.5. The van der Waals surface area contributed by atoms with Gasteiger partial charge >= 0.3 is 5.97 Å². The zero-order valence-electron chi connectivity index (χ0n) is 17.2. The number of hydrogen-bond acceptors (Lipinski definition) is 5. The van der Waals surface area contributed by atoms with Gasteiger partial charge in [-0.3, -0.25) is 14.4 Å². The first-order valence-corrected chi connectivity index (χ1v) is 10.0. The smallest absolute Gasteiger partial charge is 0.328 e. The fraction of sp³-hybridized carbons (Fsp3) is 0.304. The van der Waals surface area contributed by atoms with Gasteiger partial charge in [-0.05, 0) is 11.1 Å². The van der Waals surface area contributed by atoms with Crippen molar-refractivity contribution < 1.29 is 23.9 Å². The number of esters is 1. The molecule has 3 rings (SSSR count). The fourth-order valence-electron chi connectivity index (χ4n) is 3.44. The van der Waals surface area contributed by atoms with Crippen LogP contribution in [-0.4, -0.2) is 48.9 Å². The minimum absolute atomic E-state index is 0.252. The molecule has 1 saturated heterocycles. The van der Waals surface area contributed by atoms with Gasteiger partial charge in [-0.2, -0.15) is 0 Å². The average molecular weight is 423 g/mol. The molecule has 31 heavy (non-hydrogen) atoms. The van der Waals surface area contributed by atoms with E-state index in [4.69, 9.17) is 4.74 Å². The maximum absolute atomic E-state index is 12.5. The Morgan fingerprint density at radius 1 is 0.903 bits per heavy atom. The van der Waals surface area contributed by atoms with Crippen LogP contribution in [-0.2, 0) is 36.8 Å². The number of nitrogens with one attached hydrogen (secondary N) is 3. The zero-order chi connectivity index (χ0) is 22.2. The third-order valence-corrected chi connectivity index (χ3v) is 5.04. The molecule has 1 aliphatic rings. The minimum Gasteiger partial charge on any atom is -0.467 e. The van der Waals surface area contributed by atoms with Crippen molar-refractivity contribution in [3.05, 3.63) is 71.8 Å². The van der Waals surface area contributed by atoms with E-state index in [0.717, 1.165) is 11.1 Å². The van der Waals surface area contributed by atoms with Crippen molar-refractivity contribution in [1.29, 1.82) is 0 Å². The molecular formula is C23H25N3O5. The molecule has 8 nitrogen and oxygen atoms in total. The van der Waals surface area contributed by atoms with E-state index in [1.54, 1.807) is 0 Å². The van der Waals surface area contributed by atoms with E-state index in [0.29, 0.717) is 6.42 Å². The Hall–Kier alpha value is -3.68. The van der Waals surface area contributed by atoms with E-state index >= 15 is 0 Å². The predicted octanol–water partition coefficient (Wildman–Crippen LogP) is 0.503. The second kappa shape index (κ2) is 10.4. The van der Waals surface area contributed by atoms with Gasteiger partial charge in [0.1, 0.15) is 18.1 Å². The van der Waals surface area contributed by atoms with E-state index in [-0.39, 0.29) is 18.7 Å². The lowest BCUT2D eigenvalue weighted by molar-refractivity contribution is -0.145. The number of rotatable bonds is 8. The van der Waals surface area contributed by atoms with Crippen LogP contribution in [0.15, 0.2) is 60.7 Å².